The van der Waals surface area contributed by atoms with Crippen LogP contribution in [0.1, 0.15) is 17.3 Å². The number of thiocarbonyl (C=S) groups is 1. The standard InChI is InChI=1S/C16H13N3O2S/c1-10(20)11-6-8-12(9-7-11)17-16(22)18-15-13-4-2-3-5-14(13)21-19-15/h2-9H,1H3,(H2,17,18,19,22). The Bertz CT molecular complexity index is 840. The second kappa shape index (κ2) is 5.95. The fourth-order valence-corrected chi connectivity index (χ4v) is 2.25. The van der Waals surface area contributed by atoms with Crippen LogP contribution in [0.5, 0.6) is 0 Å². The van der Waals surface area contributed by atoms with E-state index in [1.54, 1.807) is 24.3 Å². The van der Waals surface area contributed by atoms with E-state index in [4.69, 9.17) is 16.7 Å². The van der Waals surface area contributed by atoms with Gasteiger partial charge in [0, 0.05) is 11.3 Å². The Morgan fingerprint density at radius 1 is 1.09 bits per heavy atom. The minimum atomic E-state index is 0.0290. The van der Waals surface area contributed by atoms with Gasteiger partial charge in [-0.15, -0.1) is 0 Å². The van der Waals surface area contributed by atoms with Gasteiger partial charge in [0.05, 0.1) is 5.39 Å². The summed E-state index contributed by atoms with van der Waals surface area (Å²) < 4.78 is 5.20. The summed E-state index contributed by atoms with van der Waals surface area (Å²) in [6, 6.07) is 14.6. The molecule has 3 aromatic rings. The topological polar surface area (TPSA) is 67.2 Å². The van der Waals surface area contributed by atoms with Gasteiger partial charge in [0.15, 0.2) is 22.3 Å². The van der Waals surface area contributed by atoms with E-state index in [0.717, 1.165) is 11.1 Å². The van der Waals surface area contributed by atoms with Crippen LogP contribution in [-0.2, 0) is 0 Å². The van der Waals surface area contributed by atoms with E-state index in [0.29, 0.717) is 22.1 Å². The van der Waals surface area contributed by atoms with Crippen molar-refractivity contribution in [3.8, 4) is 0 Å². The quantitative estimate of drug-likeness (QED) is 0.566. The molecule has 0 aliphatic heterocycles. The molecule has 2 aromatic carbocycles. The highest BCUT2D eigenvalue weighted by Crippen LogP contribution is 2.22. The number of carbonyl (C=O) groups is 1. The molecule has 1 heterocycles. The number of aromatic nitrogens is 1. The summed E-state index contributed by atoms with van der Waals surface area (Å²) >= 11 is 5.26. The van der Waals surface area contributed by atoms with E-state index in [1.807, 2.05) is 24.3 Å². The Labute approximate surface area is 132 Å². The SMILES string of the molecule is CC(=O)c1ccc(NC(=S)Nc2noc3ccccc23)cc1. The summed E-state index contributed by atoms with van der Waals surface area (Å²) in [6.45, 7) is 1.53. The molecule has 0 bridgehead atoms. The molecule has 0 aliphatic carbocycles. The second-order valence-electron chi connectivity index (χ2n) is 4.74. The van der Waals surface area contributed by atoms with Crippen molar-refractivity contribution in [2.75, 3.05) is 10.6 Å². The van der Waals surface area contributed by atoms with E-state index in [-0.39, 0.29) is 5.78 Å². The molecule has 0 atom stereocenters. The van der Waals surface area contributed by atoms with Crippen molar-refractivity contribution in [3.63, 3.8) is 0 Å². The van der Waals surface area contributed by atoms with E-state index >= 15 is 0 Å². The van der Waals surface area contributed by atoms with Crippen molar-refractivity contribution < 1.29 is 9.32 Å². The molecule has 0 saturated heterocycles. The first-order valence-electron chi connectivity index (χ1n) is 6.67. The molecule has 0 saturated carbocycles. The first kappa shape index (κ1) is 14.2. The lowest BCUT2D eigenvalue weighted by molar-refractivity contribution is 0.101. The monoisotopic (exact) mass is 311 g/mol. The van der Waals surface area contributed by atoms with E-state index in [1.165, 1.54) is 6.92 Å². The van der Waals surface area contributed by atoms with Crippen LogP contribution in [0.3, 0.4) is 0 Å². The highest BCUT2D eigenvalue weighted by atomic mass is 32.1. The van der Waals surface area contributed by atoms with Crippen LogP contribution < -0.4 is 10.6 Å². The minimum absolute atomic E-state index is 0.0290. The summed E-state index contributed by atoms with van der Waals surface area (Å²) in [7, 11) is 0. The Hall–Kier alpha value is -2.73. The van der Waals surface area contributed by atoms with Crippen molar-refractivity contribution in [3.05, 3.63) is 54.1 Å². The average molecular weight is 311 g/mol. The van der Waals surface area contributed by atoms with E-state index < -0.39 is 0 Å². The molecule has 0 spiro atoms. The summed E-state index contributed by atoms with van der Waals surface area (Å²) in [4.78, 5) is 11.2. The van der Waals surface area contributed by atoms with Crippen LogP contribution in [0.25, 0.3) is 11.0 Å². The van der Waals surface area contributed by atoms with Gasteiger partial charge in [0.2, 0.25) is 0 Å². The second-order valence-corrected chi connectivity index (χ2v) is 5.15. The molecule has 22 heavy (non-hydrogen) atoms. The summed E-state index contributed by atoms with van der Waals surface area (Å²) in [5, 5.41) is 11.3. The summed E-state index contributed by atoms with van der Waals surface area (Å²) in [5.74, 6) is 0.592. The van der Waals surface area contributed by atoms with Crippen LogP contribution in [0.2, 0.25) is 0 Å². The van der Waals surface area contributed by atoms with Crippen molar-refractivity contribution in [2.24, 2.45) is 0 Å². The van der Waals surface area contributed by atoms with Gasteiger partial charge < -0.3 is 15.2 Å². The Morgan fingerprint density at radius 3 is 2.55 bits per heavy atom. The smallest absolute Gasteiger partial charge is 0.183 e. The van der Waals surface area contributed by atoms with E-state index in [9.17, 15) is 4.79 Å². The lowest BCUT2D eigenvalue weighted by Crippen LogP contribution is -2.19. The average Bonchev–Trinajstić information content (AvgIpc) is 2.91. The van der Waals surface area contributed by atoms with Gasteiger partial charge >= 0.3 is 0 Å². The maximum absolute atomic E-state index is 11.2. The Morgan fingerprint density at radius 2 is 1.82 bits per heavy atom. The lowest BCUT2D eigenvalue weighted by Gasteiger charge is -2.08. The number of benzene rings is 2. The number of hydrogen-bond donors (Lipinski definition) is 2. The maximum Gasteiger partial charge on any atom is 0.183 e. The van der Waals surface area contributed by atoms with Gasteiger partial charge in [-0.3, -0.25) is 4.79 Å². The van der Waals surface area contributed by atoms with Gasteiger partial charge in [0.1, 0.15) is 0 Å². The molecule has 0 aliphatic rings. The predicted molar refractivity (Wildman–Crippen MR) is 90.3 cm³/mol. The maximum atomic E-state index is 11.2. The molecule has 5 nitrogen and oxygen atoms in total. The van der Waals surface area contributed by atoms with Crippen LogP contribution in [0, 0.1) is 0 Å². The van der Waals surface area contributed by atoms with Crippen molar-refractivity contribution in [1.29, 1.82) is 0 Å². The molecule has 110 valence electrons. The highest BCUT2D eigenvalue weighted by Gasteiger charge is 2.08. The van der Waals surface area contributed by atoms with Gasteiger partial charge in [-0.25, -0.2) is 0 Å². The van der Waals surface area contributed by atoms with Gasteiger partial charge in [-0.2, -0.15) is 0 Å². The first-order chi connectivity index (χ1) is 10.6. The first-order valence-corrected chi connectivity index (χ1v) is 7.08. The molecular formula is C16H13N3O2S. The van der Waals surface area contributed by atoms with Gasteiger partial charge in [-0.1, -0.05) is 17.3 Å². The number of nitrogens with one attached hydrogen (secondary N) is 2. The molecule has 3 rings (SSSR count). The number of rotatable bonds is 3. The van der Waals surface area contributed by atoms with Gasteiger partial charge in [0.25, 0.3) is 0 Å². The number of para-hydroxylation sites is 1. The summed E-state index contributed by atoms with van der Waals surface area (Å²) in [6.07, 6.45) is 0. The molecule has 0 radical (unpaired) electrons. The number of nitrogens with zero attached hydrogens (tertiary/aromatic N) is 1. The Balaban J connectivity index is 1.71. The number of ketones is 1. The lowest BCUT2D eigenvalue weighted by atomic mass is 10.1. The molecular weight excluding hydrogens is 298 g/mol. The number of anilines is 2. The van der Waals surface area contributed by atoms with Crippen molar-refractivity contribution in [2.45, 2.75) is 6.92 Å². The molecule has 0 amide bonds. The zero-order chi connectivity index (χ0) is 15.5. The van der Waals surface area contributed by atoms with Crippen LogP contribution in [0.4, 0.5) is 11.5 Å². The normalized spacial score (nSPS) is 10.4. The zero-order valence-corrected chi connectivity index (χ0v) is 12.6. The number of fused-ring (bicyclic) bond motifs is 1. The molecule has 2 N–H and O–H groups in total. The highest BCUT2D eigenvalue weighted by molar-refractivity contribution is 7.80. The molecule has 1 aromatic heterocycles. The predicted octanol–water partition coefficient (Wildman–Crippen LogP) is 3.84. The third-order valence-corrected chi connectivity index (χ3v) is 3.36. The fraction of sp³-hybridized carbons (Fsp3) is 0.0625. The number of hydrogen-bond acceptors (Lipinski definition) is 4. The third kappa shape index (κ3) is 2.96. The fourth-order valence-electron chi connectivity index (χ4n) is 2.03. The Kier molecular flexibility index (Phi) is 3.84. The number of carbonyl (C=O) groups excluding carboxylic acids is 1. The van der Waals surface area contributed by atoms with Crippen molar-refractivity contribution in [1.82, 2.24) is 5.16 Å². The van der Waals surface area contributed by atoms with Crippen LogP contribution >= 0.6 is 12.2 Å². The molecule has 0 unspecified atom stereocenters. The molecule has 0 fully saturated rings. The van der Waals surface area contributed by atoms with Gasteiger partial charge in [-0.05, 0) is 55.5 Å². The minimum Gasteiger partial charge on any atom is -0.354 e. The molecule has 6 heteroatoms. The van der Waals surface area contributed by atoms with E-state index in [2.05, 4.69) is 15.8 Å². The van der Waals surface area contributed by atoms with Crippen LogP contribution in [0.15, 0.2) is 53.1 Å². The number of Topliss-reactive ketones (excluding diaryl/α,β-unsaturated/α-hetero) is 1. The summed E-state index contributed by atoms with van der Waals surface area (Å²) in [5.41, 5.74) is 2.14. The van der Waals surface area contributed by atoms with Crippen molar-refractivity contribution >= 4 is 45.6 Å². The van der Waals surface area contributed by atoms with Crippen LogP contribution in [-0.4, -0.2) is 16.1 Å². The largest absolute Gasteiger partial charge is 0.354 e. The third-order valence-electron chi connectivity index (χ3n) is 3.16. The zero-order valence-electron chi connectivity index (χ0n) is 11.8.